The molecular weight excluding hydrogens is 294 g/mol. The Balaban J connectivity index is 1.29. The van der Waals surface area contributed by atoms with Gasteiger partial charge in [-0.3, -0.25) is 9.80 Å². The minimum Gasteiger partial charge on any atom is -0.445 e. The summed E-state index contributed by atoms with van der Waals surface area (Å²) < 4.78 is 10.9. The standard InChI is InChI=1S/C16H23N5O2/c1-11-7-17-15(22-11)10-20(2)13-5-6-21(8-13)9-14-18-16(23-19-14)12-3-4-12/h7,12-13H,3-6,8-10H2,1-2H3/t13-/m0/s1. The molecule has 0 unspecified atom stereocenters. The van der Waals surface area contributed by atoms with Crippen LogP contribution in [-0.4, -0.2) is 51.1 Å². The van der Waals surface area contributed by atoms with Crippen LogP contribution in [0.25, 0.3) is 0 Å². The van der Waals surface area contributed by atoms with Crippen molar-refractivity contribution in [2.24, 2.45) is 0 Å². The predicted octanol–water partition coefficient (Wildman–Crippen LogP) is 1.95. The van der Waals surface area contributed by atoms with E-state index in [0.29, 0.717) is 12.0 Å². The van der Waals surface area contributed by atoms with E-state index in [1.807, 2.05) is 6.92 Å². The molecule has 124 valence electrons. The fourth-order valence-electron chi connectivity index (χ4n) is 3.16. The zero-order chi connectivity index (χ0) is 15.8. The minimum absolute atomic E-state index is 0.511. The molecule has 1 saturated carbocycles. The maximum absolute atomic E-state index is 5.57. The Morgan fingerprint density at radius 1 is 1.35 bits per heavy atom. The molecule has 2 aromatic heterocycles. The fraction of sp³-hybridized carbons (Fsp3) is 0.688. The number of oxazole rings is 1. The van der Waals surface area contributed by atoms with Gasteiger partial charge >= 0.3 is 0 Å². The van der Waals surface area contributed by atoms with Gasteiger partial charge < -0.3 is 8.94 Å². The Bertz CT molecular complexity index is 663. The average Bonchev–Trinajstić information content (AvgIpc) is 2.93. The second-order valence-electron chi connectivity index (χ2n) is 6.78. The lowest BCUT2D eigenvalue weighted by Crippen LogP contribution is -2.34. The van der Waals surface area contributed by atoms with E-state index in [1.165, 1.54) is 12.8 Å². The molecule has 7 nitrogen and oxygen atoms in total. The van der Waals surface area contributed by atoms with Gasteiger partial charge in [0.2, 0.25) is 11.8 Å². The molecule has 1 aliphatic heterocycles. The van der Waals surface area contributed by atoms with Crippen LogP contribution >= 0.6 is 0 Å². The van der Waals surface area contributed by atoms with Crippen molar-refractivity contribution in [2.45, 2.75) is 51.2 Å². The molecule has 1 saturated heterocycles. The Morgan fingerprint density at radius 3 is 2.96 bits per heavy atom. The van der Waals surface area contributed by atoms with Crippen molar-refractivity contribution in [1.82, 2.24) is 24.9 Å². The molecule has 0 radical (unpaired) electrons. The van der Waals surface area contributed by atoms with E-state index in [9.17, 15) is 0 Å². The SMILES string of the molecule is Cc1cnc(CN(C)[C@H]2CCN(Cc3noc(C4CC4)n3)C2)o1. The van der Waals surface area contributed by atoms with Gasteiger partial charge in [-0.1, -0.05) is 5.16 Å². The van der Waals surface area contributed by atoms with Crippen molar-refractivity contribution < 1.29 is 8.94 Å². The summed E-state index contributed by atoms with van der Waals surface area (Å²) in [5.41, 5.74) is 0. The Morgan fingerprint density at radius 2 is 2.22 bits per heavy atom. The summed E-state index contributed by atoms with van der Waals surface area (Å²) in [6, 6.07) is 0.511. The molecule has 0 spiro atoms. The van der Waals surface area contributed by atoms with Gasteiger partial charge in [-0.25, -0.2) is 4.98 Å². The number of nitrogens with zero attached hydrogens (tertiary/aromatic N) is 5. The van der Waals surface area contributed by atoms with Crippen molar-refractivity contribution in [3.8, 4) is 0 Å². The maximum atomic E-state index is 5.57. The van der Waals surface area contributed by atoms with Crippen LogP contribution in [0.4, 0.5) is 0 Å². The topological polar surface area (TPSA) is 71.4 Å². The second kappa shape index (κ2) is 6.05. The van der Waals surface area contributed by atoms with Gasteiger partial charge in [-0.2, -0.15) is 4.98 Å². The van der Waals surface area contributed by atoms with E-state index in [2.05, 4.69) is 32.0 Å². The third-order valence-corrected chi connectivity index (χ3v) is 4.70. The van der Waals surface area contributed by atoms with Gasteiger partial charge in [0.05, 0.1) is 19.3 Å². The molecule has 0 aromatic carbocycles. The van der Waals surface area contributed by atoms with Gasteiger partial charge in [0, 0.05) is 25.0 Å². The first-order valence-corrected chi connectivity index (χ1v) is 8.34. The van der Waals surface area contributed by atoms with Crippen molar-refractivity contribution in [1.29, 1.82) is 0 Å². The molecule has 1 atom stereocenters. The van der Waals surface area contributed by atoms with Gasteiger partial charge in [0.15, 0.2) is 5.82 Å². The molecule has 0 N–H and O–H groups in total. The molecule has 3 heterocycles. The van der Waals surface area contributed by atoms with Crippen LogP contribution in [0.3, 0.4) is 0 Å². The highest BCUT2D eigenvalue weighted by Gasteiger charge is 2.31. The van der Waals surface area contributed by atoms with Crippen molar-refractivity contribution in [3.63, 3.8) is 0 Å². The van der Waals surface area contributed by atoms with E-state index in [-0.39, 0.29) is 0 Å². The third kappa shape index (κ3) is 3.45. The van der Waals surface area contributed by atoms with Crippen molar-refractivity contribution >= 4 is 0 Å². The maximum Gasteiger partial charge on any atom is 0.229 e. The Hall–Kier alpha value is -1.73. The first kappa shape index (κ1) is 14.8. The van der Waals surface area contributed by atoms with Crippen LogP contribution in [0.2, 0.25) is 0 Å². The highest BCUT2D eigenvalue weighted by Crippen LogP contribution is 2.38. The number of aromatic nitrogens is 3. The van der Waals surface area contributed by atoms with E-state index < -0.39 is 0 Å². The van der Waals surface area contributed by atoms with Gasteiger partial charge in [0.1, 0.15) is 5.76 Å². The molecular formula is C16H23N5O2. The predicted molar refractivity (Wildman–Crippen MR) is 82.7 cm³/mol. The largest absolute Gasteiger partial charge is 0.445 e. The second-order valence-corrected chi connectivity index (χ2v) is 6.78. The first-order chi connectivity index (χ1) is 11.2. The zero-order valence-electron chi connectivity index (χ0n) is 13.7. The average molecular weight is 317 g/mol. The van der Waals surface area contributed by atoms with Gasteiger partial charge in [0.25, 0.3) is 0 Å². The normalized spacial score (nSPS) is 22.3. The smallest absolute Gasteiger partial charge is 0.229 e. The van der Waals surface area contributed by atoms with E-state index in [4.69, 9.17) is 8.94 Å². The third-order valence-electron chi connectivity index (χ3n) is 4.70. The fourth-order valence-corrected chi connectivity index (χ4v) is 3.16. The molecule has 4 rings (SSSR count). The Kier molecular flexibility index (Phi) is 3.90. The molecule has 1 aliphatic carbocycles. The van der Waals surface area contributed by atoms with Crippen LogP contribution in [0.5, 0.6) is 0 Å². The molecule has 0 bridgehead atoms. The monoisotopic (exact) mass is 317 g/mol. The summed E-state index contributed by atoms with van der Waals surface area (Å²) in [4.78, 5) is 13.5. The van der Waals surface area contributed by atoms with E-state index in [0.717, 1.165) is 56.0 Å². The number of rotatable bonds is 6. The molecule has 23 heavy (non-hydrogen) atoms. The quantitative estimate of drug-likeness (QED) is 0.806. The highest BCUT2D eigenvalue weighted by atomic mass is 16.5. The first-order valence-electron chi connectivity index (χ1n) is 8.34. The summed E-state index contributed by atoms with van der Waals surface area (Å²) in [5, 5.41) is 4.11. The van der Waals surface area contributed by atoms with Crippen LogP contribution in [0.1, 0.15) is 48.5 Å². The zero-order valence-corrected chi connectivity index (χ0v) is 13.7. The van der Waals surface area contributed by atoms with Crippen molar-refractivity contribution in [2.75, 3.05) is 20.1 Å². The molecule has 2 aliphatic rings. The molecule has 2 aromatic rings. The van der Waals surface area contributed by atoms with Crippen LogP contribution < -0.4 is 0 Å². The van der Waals surface area contributed by atoms with Crippen molar-refractivity contribution in [3.05, 3.63) is 29.6 Å². The number of hydrogen-bond acceptors (Lipinski definition) is 7. The summed E-state index contributed by atoms with van der Waals surface area (Å²) in [7, 11) is 2.13. The van der Waals surface area contributed by atoms with E-state index in [1.54, 1.807) is 6.20 Å². The number of aryl methyl sites for hydroxylation is 1. The summed E-state index contributed by atoms with van der Waals surface area (Å²) in [6.45, 7) is 5.53. The summed E-state index contributed by atoms with van der Waals surface area (Å²) in [5.74, 6) is 3.82. The van der Waals surface area contributed by atoms with Crippen LogP contribution in [-0.2, 0) is 13.1 Å². The lowest BCUT2D eigenvalue weighted by atomic mass is 10.2. The molecule has 2 fully saturated rings. The highest BCUT2D eigenvalue weighted by molar-refractivity contribution is 5.02. The number of likely N-dealkylation sites (tertiary alicyclic amines) is 1. The number of likely N-dealkylation sites (N-methyl/N-ethyl adjacent to an activating group) is 1. The lowest BCUT2D eigenvalue weighted by Gasteiger charge is -2.23. The lowest BCUT2D eigenvalue weighted by molar-refractivity contribution is 0.203. The van der Waals surface area contributed by atoms with Gasteiger partial charge in [-0.05, 0) is 33.2 Å². The molecule has 0 amide bonds. The number of hydrogen-bond donors (Lipinski definition) is 0. The summed E-state index contributed by atoms with van der Waals surface area (Å²) >= 11 is 0. The molecule has 7 heteroatoms. The Labute approximate surface area is 135 Å². The minimum atomic E-state index is 0.511. The van der Waals surface area contributed by atoms with Crippen LogP contribution in [0.15, 0.2) is 15.1 Å². The van der Waals surface area contributed by atoms with Gasteiger partial charge in [-0.15, -0.1) is 0 Å². The summed E-state index contributed by atoms with van der Waals surface area (Å²) in [6.07, 6.45) is 5.30. The van der Waals surface area contributed by atoms with Crippen LogP contribution in [0, 0.1) is 6.92 Å². The van der Waals surface area contributed by atoms with E-state index >= 15 is 0 Å².